The molecule has 0 radical (unpaired) electrons. The Labute approximate surface area is 194 Å². The summed E-state index contributed by atoms with van der Waals surface area (Å²) < 4.78 is 25.1. The quantitative estimate of drug-likeness (QED) is 0.369. The van der Waals surface area contributed by atoms with Gasteiger partial charge in [0.1, 0.15) is 5.82 Å². The van der Waals surface area contributed by atoms with E-state index in [1.807, 2.05) is 30.3 Å². The third-order valence-electron chi connectivity index (χ3n) is 5.60. The predicted octanol–water partition coefficient (Wildman–Crippen LogP) is 5.33. The van der Waals surface area contributed by atoms with Crippen LogP contribution >= 0.6 is 11.3 Å². The Hall–Kier alpha value is -3.43. The predicted molar refractivity (Wildman–Crippen MR) is 131 cm³/mol. The van der Waals surface area contributed by atoms with Crippen molar-refractivity contribution in [2.45, 2.75) is 23.8 Å². The number of hydrogen-bond donors (Lipinski definition) is 1. The number of aromatic nitrogens is 4. The van der Waals surface area contributed by atoms with Crippen LogP contribution in [0.5, 0.6) is 0 Å². The van der Waals surface area contributed by atoms with E-state index >= 15 is 0 Å². The zero-order valence-corrected chi connectivity index (χ0v) is 19.3. The van der Waals surface area contributed by atoms with E-state index in [1.54, 1.807) is 29.7 Å². The third kappa shape index (κ3) is 3.94. The monoisotopic (exact) mass is 473 g/mol. The third-order valence-corrected chi connectivity index (χ3v) is 7.77. The molecule has 1 aliphatic rings. The molecule has 5 aromatic rings. The van der Waals surface area contributed by atoms with E-state index in [0.29, 0.717) is 23.0 Å². The average molecular weight is 474 g/mol. The van der Waals surface area contributed by atoms with Gasteiger partial charge in [0.15, 0.2) is 14.9 Å². The number of anilines is 2. The first-order chi connectivity index (χ1) is 15.9. The Morgan fingerprint density at radius 1 is 0.970 bits per heavy atom. The Kier molecular flexibility index (Phi) is 4.63. The van der Waals surface area contributed by atoms with Crippen LogP contribution in [0.2, 0.25) is 0 Å². The van der Waals surface area contributed by atoms with Crippen molar-refractivity contribution in [3.05, 3.63) is 65.9 Å². The van der Waals surface area contributed by atoms with Crippen molar-refractivity contribution < 1.29 is 8.42 Å². The number of benzene rings is 1. The van der Waals surface area contributed by atoms with Gasteiger partial charge in [0.25, 0.3) is 0 Å². The van der Waals surface area contributed by atoms with Crippen molar-refractivity contribution in [2.75, 3.05) is 11.6 Å². The standard InChI is InChI=1S/C24H19N5O2S2/c1-33(30,31)22-11-15(8-10-26-22)19-13-20-17(3-2-9-25-20)23(28-19)27-16-6-7-18-21(12-16)32-24(29-18)14-4-5-14/h2-3,6-14H,4-5H2,1H3,(H,27,28). The summed E-state index contributed by atoms with van der Waals surface area (Å²) in [7, 11) is -3.43. The highest BCUT2D eigenvalue weighted by atomic mass is 32.2. The van der Waals surface area contributed by atoms with Gasteiger partial charge in [-0.25, -0.2) is 23.4 Å². The molecule has 0 atom stereocenters. The number of rotatable bonds is 5. The van der Waals surface area contributed by atoms with Crippen LogP contribution in [0.25, 0.3) is 32.4 Å². The Morgan fingerprint density at radius 3 is 2.67 bits per heavy atom. The van der Waals surface area contributed by atoms with Gasteiger partial charge < -0.3 is 5.32 Å². The van der Waals surface area contributed by atoms with E-state index in [-0.39, 0.29) is 5.03 Å². The summed E-state index contributed by atoms with van der Waals surface area (Å²) in [4.78, 5) is 18.1. The first kappa shape index (κ1) is 20.2. The summed E-state index contributed by atoms with van der Waals surface area (Å²) in [5.74, 6) is 1.28. The summed E-state index contributed by atoms with van der Waals surface area (Å²) >= 11 is 1.75. The van der Waals surface area contributed by atoms with Crippen molar-refractivity contribution in [3.63, 3.8) is 0 Å². The van der Waals surface area contributed by atoms with E-state index in [2.05, 4.69) is 21.4 Å². The topological polar surface area (TPSA) is 97.7 Å². The van der Waals surface area contributed by atoms with Gasteiger partial charge in [-0.15, -0.1) is 11.3 Å². The van der Waals surface area contributed by atoms with Crippen molar-refractivity contribution in [3.8, 4) is 11.3 Å². The maximum Gasteiger partial charge on any atom is 0.192 e. The second-order valence-corrected chi connectivity index (χ2v) is 11.2. The second-order valence-electron chi connectivity index (χ2n) is 8.21. The van der Waals surface area contributed by atoms with Gasteiger partial charge in [-0.3, -0.25) is 4.98 Å². The van der Waals surface area contributed by atoms with Crippen LogP contribution < -0.4 is 5.32 Å². The fraction of sp³-hybridized carbons (Fsp3) is 0.167. The number of nitrogens with one attached hydrogen (secondary N) is 1. The van der Waals surface area contributed by atoms with Crippen LogP contribution in [0.1, 0.15) is 23.8 Å². The molecule has 1 saturated carbocycles. The molecule has 9 heteroatoms. The lowest BCUT2D eigenvalue weighted by Gasteiger charge is -2.12. The van der Waals surface area contributed by atoms with E-state index in [1.165, 1.54) is 24.0 Å². The molecule has 1 aromatic carbocycles. The zero-order chi connectivity index (χ0) is 22.6. The average Bonchev–Trinajstić information content (AvgIpc) is 3.58. The van der Waals surface area contributed by atoms with Crippen molar-refractivity contribution in [1.29, 1.82) is 0 Å². The van der Waals surface area contributed by atoms with Gasteiger partial charge in [0.2, 0.25) is 0 Å². The Balaban J connectivity index is 1.44. The lowest BCUT2D eigenvalue weighted by molar-refractivity contribution is 0.598. The zero-order valence-electron chi connectivity index (χ0n) is 17.7. The van der Waals surface area contributed by atoms with Crippen LogP contribution in [0.15, 0.2) is 66.0 Å². The smallest absolute Gasteiger partial charge is 0.192 e. The molecule has 4 heterocycles. The van der Waals surface area contributed by atoms with Gasteiger partial charge in [0, 0.05) is 41.2 Å². The molecule has 0 aliphatic heterocycles. The van der Waals surface area contributed by atoms with Crippen molar-refractivity contribution in [1.82, 2.24) is 19.9 Å². The molecule has 1 N–H and O–H groups in total. The molecule has 164 valence electrons. The fourth-order valence-electron chi connectivity index (χ4n) is 3.75. The minimum absolute atomic E-state index is 0.0135. The lowest BCUT2D eigenvalue weighted by atomic mass is 10.1. The number of sulfone groups is 1. The van der Waals surface area contributed by atoms with Crippen LogP contribution in [-0.2, 0) is 9.84 Å². The molecular formula is C24H19N5O2S2. The molecule has 0 saturated heterocycles. The molecule has 0 bridgehead atoms. The van der Waals surface area contributed by atoms with E-state index < -0.39 is 9.84 Å². The number of thiazole rings is 1. The number of fused-ring (bicyclic) bond motifs is 2. The highest BCUT2D eigenvalue weighted by Gasteiger charge is 2.27. The van der Waals surface area contributed by atoms with Crippen molar-refractivity contribution in [2.24, 2.45) is 0 Å². The summed E-state index contributed by atoms with van der Waals surface area (Å²) in [5.41, 5.74) is 3.97. The Bertz CT molecular complexity index is 1640. The molecule has 7 nitrogen and oxygen atoms in total. The highest BCUT2D eigenvalue weighted by molar-refractivity contribution is 7.90. The highest BCUT2D eigenvalue weighted by Crippen LogP contribution is 2.43. The minimum Gasteiger partial charge on any atom is -0.340 e. The first-order valence-electron chi connectivity index (χ1n) is 10.5. The SMILES string of the molecule is CS(=O)(=O)c1cc(-c2cc3ncccc3c(Nc3ccc4nc(C5CC5)sc4c3)n2)ccn1. The van der Waals surface area contributed by atoms with Gasteiger partial charge >= 0.3 is 0 Å². The minimum atomic E-state index is -3.43. The van der Waals surface area contributed by atoms with Crippen LogP contribution in [-0.4, -0.2) is 34.6 Å². The maximum atomic E-state index is 12.0. The van der Waals surface area contributed by atoms with Crippen LogP contribution in [0.3, 0.4) is 0 Å². The van der Waals surface area contributed by atoms with E-state index in [4.69, 9.17) is 9.97 Å². The molecular weight excluding hydrogens is 454 g/mol. The Morgan fingerprint density at radius 2 is 1.85 bits per heavy atom. The van der Waals surface area contributed by atoms with Gasteiger partial charge in [-0.2, -0.15) is 0 Å². The van der Waals surface area contributed by atoms with Crippen LogP contribution in [0.4, 0.5) is 11.5 Å². The summed E-state index contributed by atoms with van der Waals surface area (Å²) in [6.07, 6.45) is 6.82. The maximum absolute atomic E-state index is 12.0. The van der Waals surface area contributed by atoms with Gasteiger partial charge in [-0.05, 0) is 61.4 Å². The molecule has 4 aromatic heterocycles. The van der Waals surface area contributed by atoms with E-state index in [9.17, 15) is 8.42 Å². The number of pyridine rings is 3. The summed E-state index contributed by atoms with van der Waals surface area (Å²) in [5, 5.41) is 5.55. The largest absolute Gasteiger partial charge is 0.340 e. The summed E-state index contributed by atoms with van der Waals surface area (Å²) in [6.45, 7) is 0. The molecule has 0 unspecified atom stereocenters. The molecule has 0 spiro atoms. The molecule has 6 rings (SSSR count). The van der Waals surface area contributed by atoms with E-state index in [0.717, 1.165) is 33.1 Å². The van der Waals surface area contributed by atoms with Gasteiger partial charge in [0.05, 0.1) is 26.4 Å². The summed E-state index contributed by atoms with van der Waals surface area (Å²) in [6, 6.07) is 15.1. The normalized spacial score (nSPS) is 14.1. The fourth-order valence-corrected chi connectivity index (χ4v) is 5.52. The molecule has 33 heavy (non-hydrogen) atoms. The van der Waals surface area contributed by atoms with Gasteiger partial charge in [-0.1, -0.05) is 0 Å². The molecule has 0 amide bonds. The molecule has 1 aliphatic carbocycles. The number of hydrogen-bond acceptors (Lipinski definition) is 8. The van der Waals surface area contributed by atoms with Crippen LogP contribution in [0, 0.1) is 0 Å². The number of nitrogens with zero attached hydrogens (tertiary/aromatic N) is 4. The second kappa shape index (κ2) is 7.57. The molecule has 1 fully saturated rings. The first-order valence-corrected chi connectivity index (χ1v) is 13.2. The van der Waals surface area contributed by atoms with Crippen molar-refractivity contribution >= 4 is 53.8 Å². The lowest BCUT2D eigenvalue weighted by Crippen LogP contribution is -2.01.